The summed E-state index contributed by atoms with van der Waals surface area (Å²) in [5, 5.41) is 1.67. The van der Waals surface area contributed by atoms with Gasteiger partial charge < -0.3 is 0 Å². The molecule has 0 N–H and O–H groups in total. The maximum absolute atomic E-state index is 12.7. The van der Waals surface area contributed by atoms with Crippen molar-refractivity contribution in [1.82, 2.24) is 14.5 Å². The lowest BCUT2D eigenvalue weighted by Crippen LogP contribution is -2.21. The van der Waals surface area contributed by atoms with Crippen LogP contribution in [-0.2, 0) is 6.54 Å². The van der Waals surface area contributed by atoms with Crippen molar-refractivity contribution in [2.24, 2.45) is 0 Å². The zero-order valence-electron chi connectivity index (χ0n) is 12.2. The first kappa shape index (κ1) is 13.6. The fraction of sp³-hybridized carbons (Fsp3) is 0.188. The molecule has 110 valence electrons. The third-order valence-electron chi connectivity index (χ3n) is 3.80. The summed E-state index contributed by atoms with van der Waals surface area (Å²) in [5.41, 5.74) is 2.04. The van der Waals surface area contributed by atoms with Gasteiger partial charge in [-0.1, -0.05) is 12.1 Å². The van der Waals surface area contributed by atoms with Gasteiger partial charge in [-0.2, -0.15) is 0 Å². The highest BCUT2D eigenvalue weighted by molar-refractivity contribution is 7.19. The van der Waals surface area contributed by atoms with Crippen LogP contribution in [0.2, 0.25) is 0 Å². The zero-order chi connectivity index (χ0) is 15.3. The molecule has 0 bridgehead atoms. The number of hydrogen-bond acceptors (Lipinski definition) is 5. The van der Waals surface area contributed by atoms with Crippen LogP contribution < -0.4 is 5.56 Å². The summed E-state index contributed by atoms with van der Waals surface area (Å²) in [4.78, 5) is 23.7. The van der Waals surface area contributed by atoms with Crippen LogP contribution in [0.25, 0.3) is 20.4 Å². The molecule has 0 unspecified atom stereocenters. The molecule has 22 heavy (non-hydrogen) atoms. The number of hydrogen-bond donors (Lipinski definition) is 0. The minimum atomic E-state index is 0.0195. The Bertz CT molecular complexity index is 1030. The van der Waals surface area contributed by atoms with E-state index in [1.54, 1.807) is 33.6 Å². The maximum atomic E-state index is 12.7. The molecular formula is C16H13N3OS2. The Morgan fingerprint density at radius 2 is 2.00 bits per heavy atom. The quantitative estimate of drug-likeness (QED) is 0.563. The van der Waals surface area contributed by atoms with Crippen LogP contribution >= 0.6 is 22.7 Å². The molecule has 0 aliphatic carbocycles. The van der Waals surface area contributed by atoms with E-state index in [9.17, 15) is 4.79 Å². The highest BCUT2D eigenvalue weighted by Gasteiger charge is 2.13. The number of nitrogens with zero attached hydrogens (tertiary/aromatic N) is 3. The normalized spacial score (nSPS) is 11.5. The van der Waals surface area contributed by atoms with Crippen LogP contribution in [0.3, 0.4) is 0 Å². The highest BCUT2D eigenvalue weighted by atomic mass is 32.1. The molecule has 4 aromatic rings. The molecule has 0 aliphatic rings. The predicted molar refractivity (Wildman–Crippen MR) is 92.1 cm³/mol. The van der Waals surface area contributed by atoms with E-state index in [1.165, 1.54) is 0 Å². The standard InChI is InChI=1S/C16H13N3OS2/c1-9-10(2)21-15-14(9)16(20)19(8-17-15)7-13-18-11-5-3-4-6-12(11)22-13/h3-6,8H,7H2,1-2H3. The van der Waals surface area contributed by atoms with Crippen molar-refractivity contribution in [1.29, 1.82) is 0 Å². The van der Waals surface area contributed by atoms with E-state index in [2.05, 4.69) is 9.97 Å². The lowest BCUT2D eigenvalue weighted by Gasteiger charge is -2.02. The van der Waals surface area contributed by atoms with E-state index in [1.807, 2.05) is 38.1 Å². The van der Waals surface area contributed by atoms with Gasteiger partial charge in [-0.15, -0.1) is 22.7 Å². The molecule has 0 fully saturated rings. The fourth-order valence-electron chi connectivity index (χ4n) is 2.52. The van der Waals surface area contributed by atoms with E-state index in [0.29, 0.717) is 6.54 Å². The molecule has 6 heteroatoms. The summed E-state index contributed by atoms with van der Waals surface area (Å²) < 4.78 is 2.79. The minimum Gasteiger partial charge on any atom is -0.292 e. The average Bonchev–Trinajstić information content (AvgIpc) is 3.04. The van der Waals surface area contributed by atoms with Crippen molar-refractivity contribution >= 4 is 43.1 Å². The number of aryl methyl sites for hydroxylation is 2. The Morgan fingerprint density at radius 1 is 1.18 bits per heavy atom. The number of para-hydroxylation sites is 1. The van der Waals surface area contributed by atoms with Crippen molar-refractivity contribution in [2.45, 2.75) is 20.4 Å². The molecule has 0 saturated heterocycles. The first-order chi connectivity index (χ1) is 10.6. The van der Waals surface area contributed by atoms with Gasteiger partial charge in [-0.3, -0.25) is 9.36 Å². The van der Waals surface area contributed by atoms with E-state index in [-0.39, 0.29) is 5.56 Å². The number of aromatic nitrogens is 3. The topological polar surface area (TPSA) is 47.8 Å². The van der Waals surface area contributed by atoms with Crippen molar-refractivity contribution in [3.8, 4) is 0 Å². The lowest BCUT2D eigenvalue weighted by molar-refractivity contribution is 0.745. The van der Waals surface area contributed by atoms with Crippen LogP contribution in [0.5, 0.6) is 0 Å². The third kappa shape index (κ3) is 2.07. The van der Waals surface area contributed by atoms with Crippen LogP contribution in [0, 0.1) is 13.8 Å². The Morgan fingerprint density at radius 3 is 2.82 bits per heavy atom. The van der Waals surface area contributed by atoms with Crippen molar-refractivity contribution in [2.75, 3.05) is 0 Å². The predicted octanol–water partition coefficient (Wildman–Crippen LogP) is 3.73. The van der Waals surface area contributed by atoms with Crippen LogP contribution in [0.1, 0.15) is 15.4 Å². The molecule has 4 rings (SSSR count). The Kier molecular flexibility index (Phi) is 3.09. The molecular weight excluding hydrogens is 314 g/mol. The number of benzene rings is 1. The van der Waals surface area contributed by atoms with Gasteiger partial charge >= 0.3 is 0 Å². The van der Waals surface area contributed by atoms with Gasteiger partial charge in [0.15, 0.2) is 0 Å². The first-order valence-corrected chi connectivity index (χ1v) is 8.56. The van der Waals surface area contributed by atoms with E-state index in [0.717, 1.165) is 35.9 Å². The summed E-state index contributed by atoms with van der Waals surface area (Å²) in [6.45, 7) is 4.48. The van der Waals surface area contributed by atoms with Crippen molar-refractivity contribution in [3.05, 3.63) is 56.4 Å². The fourth-order valence-corrected chi connectivity index (χ4v) is 4.47. The molecule has 1 aromatic carbocycles. The molecule has 0 saturated carbocycles. The number of thiazole rings is 1. The van der Waals surface area contributed by atoms with Crippen LogP contribution in [0.4, 0.5) is 0 Å². The average molecular weight is 327 g/mol. The van der Waals surface area contributed by atoms with E-state index < -0.39 is 0 Å². The number of fused-ring (bicyclic) bond motifs is 2. The molecule has 3 heterocycles. The zero-order valence-corrected chi connectivity index (χ0v) is 13.8. The summed E-state index contributed by atoms with van der Waals surface area (Å²) >= 11 is 3.19. The Hall–Kier alpha value is -2.05. The second-order valence-electron chi connectivity index (χ2n) is 5.22. The second-order valence-corrected chi connectivity index (χ2v) is 7.53. The van der Waals surface area contributed by atoms with Crippen LogP contribution in [-0.4, -0.2) is 14.5 Å². The number of rotatable bonds is 2. The molecule has 0 radical (unpaired) electrons. The van der Waals surface area contributed by atoms with E-state index >= 15 is 0 Å². The summed E-state index contributed by atoms with van der Waals surface area (Å²) in [5.74, 6) is 0. The smallest absolute Gasteiger partial charge is 0.262 e. The minimum absolute atomic E-state index is 0.0195. The van der Waals surface area contributed by atoms with Gasteiger partial charge in [0, 0.05) is 4.88 Å². The molecule has 0 spiro atoms. The SMILES string of the molecule is Cc1sc2ncn(Cc3nc4ccccc4s3)c(=O)c2c1C. The summed E-state index contributed by atoms with van der Waals surface area (Å²) in [6, 6.07) is 8.02. The molecule has 0 aliphatic heterocycles. The van der Waals surface area contributed by atoms with Gasteiger partial charge in [0.25, 0.3) is 5.56 Å². The molecule has 0 amide bonds. The van der Waals surface area contributed by atoms with Crippen LogP contribution in [0.15, 0.2) is 35.4 Å². The van der Waals surface area contributed by atoms with Crippen molar-refractivity contribution in [3.63, 3.8) is 0 Å². The van der Waals surface area contributed by atoms with Crippen molar-refractivity contribution < 1.29 is 0 Å². The first-order valence-electron chi connectivity index (χ1n) is 6.93. The van der Waals surface area contributed by atoms with Gasteiger partial charge in [-0.05, 0) is 31.5 Å². The molecule has 0 atom stereocenters. The lowest BCUT2D eigenvalue weighted by atomic mass is 10.2. The van der Waals surface area contributed by atoms with Gasteiger partial charge in [-0.25, -0.2) is 9.97 Å². The largest absolute Gasteiger partial charge is 0.292 e. The third-order valence-corrected chi connectivity index (χ3v) is 5.94. The Labute approximate surface area is 134 Å². The number of thiophene rings is 1. The second kappa shape index (κ2) is 5.00. The monoisotopic (exact) mass is 327 g/mol. The van der Waals surface area contributed by atoms with Gasteiger partial charge in [0.05, 0.1) is 28.5 Å². The molecule has 4 nitrogen and oxygen atoms in total. The maximum Gasteiger partial charge on any atom is 0.262 e. The highest BCUT2D eigenvalue weighted by Crippen LogP contribution is 2.26. The van der Waals surface area contributed by atoms with Gasteiger partial charge in [0.2, 0.25) is 0 Å². The Balaban J connectivity index is 1.82. The summed E-state index contributed by atoms with van der Waals surface area (Å²) in [6.07, 6.45) is 1.63. The molecule has 3 aromatic heterocycles. The van der Waals surface area contributed by atoms with Gasteiger partial charge in [0.1, 0.15) is 9.84 Å². The van der Waals surface area contributed by atoms with E-state index in [4.69, 9.17) is 0 Å². The summed E-state index contributed by atoms with van der Waals surface area (Å²) in [7, 11) is 0.